The van der Waals surface area contributed by atoms with Crippen LogP contribution in [0.5, 0.6) is 11.5 Å². The third-order valence-corrected chi connectivity index (χ3v) is 4.53. The van der Waals surface area contributed by atoms with Crippen LogP contribution in [-0.4, -0.2) is 31.4 Å². The van der Waals surface area contributed by atoms with Gasteiger partial charge in [-0.3, -0.25) is 9.59 Å². The highest BCUT2D eigenvalue weighted by Gasteiger charge is 2.30. The van der Waals surface area contributed by atoms with Crippen LogP contribution in [0.25, 0.3) is 11.3 Å². The molecule has 11 heteroatoms. The largest absolute Gasteiger partial charge is 0.455 e. The minimum Gasteiger partial charge on any atom is -0.455 e. The molecule has 0 fully saturated rings. The fourth-order valence-corrected chi connectivity index (χ4v) is 2.93. The van der Waals surface area contributed by atoms with E-state index in [1.807, 2.05) is 0 Å². The van der Waals surface area contributed by atoms with Crippen molar-refractivity contribution in [2.24, 2.45) is 5.10 Å². The van der Waals surface area contributed by atoms with E-state index in [0.29, 0.717) is 17.1 Å². The van der Waals surface area contributed by atoms with Crippen molar-refractivity contribution in [2.45, 2.75) is 6.18 Å². The first kappa shape index (κ1) is 21.9. The number of nitrogens with one attached hydrogen (secondary N) is 2. The summed E-state index contributed by atoms with van der Waals surface area (Å²) in [5.74, 6) is 0.332. The van der Waals surface area contributed by atoms with E-state index in [2.05, 4.69) is 15.8 Å². The van der Waals surface area contributed by atoms with Gasteiger partial charge in [0, 0.05) is 11.1 Å². The quantitative estimate of drug-likeness (QED) is 0.434. The average Bonchev–Trinajstić information content (AvgIpc) is 3.46. The molecule has 0 bridgehead atoms. The van der Waals surface area contributed by atoms with E-state index in [0.717, 1.165) is 12.1 Å². The first-order valence-electron chi connectivity index (χ1n) is 9.57. The number of hydrogen-bond acceptors (Lipinski definition) is 6. The van der Waals surface area contributed by atoms with Crippen LogP contribution in [-0.2, 0) is 11.0 Å². The molecule has 2 N–H and O–H groups in total. The lowest BCUT2D eigenvalue weighted by Gasteiger charge is -2.07. The Kier molecular flexibility index (Phi) is 6.03. The molecule has 1 aromatic heterocycles. The molecule has 2 aromatic carbocycles. The number of furan rings is 1. The lowest BCUT2D eigenvalue weighted by Crippen LogP contribution is -2.34. The second kappa shape index (κ2) is 9.07. The molecule has 33 heavy (non-hydrogen) atoms. The number of carbonyl (C=O) groups is 2. The van der Waals surface area contributed by atoms with Crippen molar-refractivity contribution in [3.05, 3.63) is 71.5 Å². The lowest BCUT2D eigenvalue weighted by molar-refractivity contribution is -0.137. The van der Waals surface area contributed by atoms with E-state index >= 15 is 0 Å². The van der Waals surface area contributed by atoms with E-state index in [-0.39, 0.29) is 30.4 Å². The predicted molar refractivity (Wildman–Crippen MR) is 110 cm³/mol. The number of alkyl halides is 3. The van der Waals surface area contributed by atoms with Gasteiger partial charge in [-0.2, -0.15) is 18.3 Å². The molecule has 0 saturated heterocycles. The van der Waals surface area contributed by atoms with E-state index in [4.69, 9.17) is 13.9 Å². The molecule has 2 heterocycles. The Hall–Kier alpha value is -4.28. The van der Waals surface area contributed by atoms with Gasteiger partial charge in [-0.15, -0.1) is 0 Å². The maximum Gasteiger partial charge on any atom is 0.416 e. The standard InChI is InChI=1S/C22H16F3N3O5/c23-22(24,25)15-3-1-2-13(8-15)17-7-5-16(33-17)10-27-28-20(29)11-26-21(30)14-4-6-18-19(9-14)32-12-31-18/h1-10H,11-12H2,(H,26,30)(H,28,29)/b27-10+. The summed E-state index contributed by atoms with van der Waals surface area (Å²) >= 11 is 0. The van der Waals surface area contributed by atoms with Gasteiger partial charge in [0.1, 0.15) is 11.5 Å². The average molecular weight is 459 g/mol. The summed E-state index contributed by atoms with van der Waals surface area (Å²) in [6, 6.07) is 12.3. The van der Waals surface area contributed by atoms with Crippen LogP contribution in [0.1, 0.15) is 21.7 Å². The fraction of sp³-hybridized carbons (Fsp3) is 0.136. The molecule has 1 aliphatic heterocycles. The SMILES string of the molecule is O=C(CNC(=O)c1ccc2c(c1)OCO2)N/N=C/c1ccc(-c2cccc(C(F)(F)F)c2)o1. The number of carbonyl (C=O) groups excluding carboxylic acids is 2. The van der Waals surface area contributed by atoms with Crippen LogP contribution in [0.15, 0.2) is 64.1 Å². The number of ether oxygens (including phenoxy) is 2. The van der Waals surface area contributed by atoms with E-state index < -0.39 is 23.6 Å². The van der Waals surface area contributed by atoms with Crippen LogP contribution in [0.2, 0.25) is 0 Å². The number of benzene rings is 2. The van der Waals surface area contributed by atoms with Crippen molar-refractivity contribution < 1.29 is 36.7 Å². The molecule has 2 amide bonds. The van der Waals surface area contributed by atoms with Crippen LogP contribution < -0.4 is 20.2 Å². The van der Waals surface area contributed by atoms with Gasteiger partial charge in [0.15, 0.2) is 11.5 Å². The highest BCUT2D eigenvalue weighted by Crippen LogP contribution is 2.33. The smallest absolute Gasteiger partial charge is 0.416 e. The van der Waals surface area contributed by atoms with E-state index in [9.17, 15) is 22.8 Å². The molecule has 0 spiro atoms. The third-order valence-electron chi connectivity index (χ3n) is 4.53. The number of amides is 2. The normalized spacial score (nSPS) is 12.7. The van der Waals surface area contributed by atoms with Gasteiger partial charge >= 0.3 is 6.18 Å². The Labute approximate surface area is 185 Å². The van der Waals surface area contributed by atoms with Gasteiger partial charge in [0.25, 0.3) is 11.8 Å². The molecule has 0 unspecified atom stereocenters. The highest BCUT2D eigenvalue weighted by atomic mass is 19.4. The zero-order valence-corrected chi connectivity index (χ0v) is 16.8. The van der Waals surface area contributed by atoms with E-state index in [1.54, 1.807) is 6.07 Å². The number of fused-ring (bicyclic) bond motifs is 1. The summed E-state index contributed by atoms with van der Waals surface area (Å²) in [7, 11) is 0. The van der Waals surface area contributed by atoms with Gasteiger partial charge in [0.2, 0.25) is 6.79 Å². The third kappa shape index (κ3) is 5.32. The van der Waals surface area contributed by atoms with Crippen molar-refractivity contribution in [1.82, 2.24) is 10.7 Å². The van der Waals surface area contributed by atoms with Crippen molar-refractivity contribution in [3.8, 4) is 22.8 Å². The summed E-state index contributed by atoms with van der Waals surface area (Å²) in [5, 5.41) is 6.16. The van der Waals surface area contributed by atoms with Crippen LogP contribution in [0.4, 0.5) is 13.2 Å². The molecule has 0 atom stereocenters. The molecule has 0 saturated carbocycles. The van der Waals surface area contributed by atoms with E-state index in [1.165, 1.54) is 42.6 Å². The topological polar surface area (TPSA) is 102 Å². The summed E-state index contributed by atoms with van der Waals surface area (Å²) in [6.07, 6.45) is -3.27. The molecule has 1 aliphatic rings. The summed E-state index contributed by atoms with van der Waals surface area (Å²) < 4.78 is 54.4. The molecular weight excluding hydrogens is 443 g/mol. The summed E-state index contributed by atoms with van der Waals surface area (Å²) in [5.41, 5.74) is 1.98. The Morgan fingerprint density at radius 3 is 2.67 bits per heavy atom. The number of nitrogens with zero attached hydrogens (tertiary/aromatic N) is 1. The van der Waals surface area contributed by atoms with Crippen LogP contribution >= 0.6 is 0 Å². The first-order chi connectivity index (χ1) is 15.8. The molecule has 8 nitrogen and oxygen atoms in total. The van der Waals surface area contributed by atoms with Crippen molar-refractivity contribution in [2.75, 3.05) is 13.3 Å². The molecule has 170 valence electrons. The Morgan fingerprint density at radius 1 is 1.03 bits per heavy atom. The molecule has 0 aliphatic carbocycles. The number of halogens is 3. The second-order valence-corrected chi connectivity index (χ2v) is 6.82. The maximum absolute atomic E-state index is 12.9. The Morgan fingerprint density at radius 2 is 1.85 bits per heavy atom. The molecule has 0 radical (unpaired) electrons. The Bertz CT molecular complexity index is 1220. The Balaban J connectivity index is 1.29. The van der Waals surface area contributed by atoms with Crippen molar-refractivity contribution >= 4 is 18.0 Å². The number of hydrazone groups is 1. The number of rotatable bonds is 6. The maximum atomic E-state index is 12.9. The van der Waals surface area contributed by atoms with Crippen molar-refractivity contribution in [3.63, 3.8) is 0 Å². The summed E-state index contributed by atoms with van der Waals surface area (Å²) in [4.78, 5) is 24.0. The zero-order chi connectivity index (χ0) is 23.4. The molecule has 3 aromatic rings. The van der Waals surface area contributed by atoms with Gasteiger partial charge < -0.3 is 19.2 Å². The van der Waals surface area contributed by atoms with Crippen LogP contribution in [0.3, 0.4) is 0 Å². The number of hydrogen-bond donors (Lipinski definition) is 2. The lowest BCUT2D eigenvalue weighted by atomic mass is 10.1. The molecular formula is C22H16F3N3O5. The van der Waals surface area contributed by atoms with Crippen LogP contribution in [0, 0.1) is 0 Å². The van der Waals surface area contributed by atoms with Gasteiger partial charge in [-0.25, -0.2) is 5.43 Å². The monoisotopic (exact) mass is 459 g/mol. The zero-order valence-electron chi connectivity index (χ0n) is 16.8. The predicted octanol–water partition coefficient (Wildman–Crippen LogP) is 3.57. The molecule has 4 rings (SSSR count). The van der Waals surface area contributed by atoms with Crippen molar-refractivity contribution in [1.29, 1.82) is 0 Å². The fourth-order valence-electron chi connectivity index (χ4n) is 2.93. The van der Waals surface area contributed by atoms with Gasteiger partial charge in [0.05, 0.1) is 18.3 Å². The summed E-state index contributed by atoms with van der Waals surface area (Å²) in [6.45, 7) is -0.254. The minimum absolute atomic E-state index is 0.0813. The van der Waals surface area contributed by atoms with Gasteiger partial charge in [-0.1, -0.05) is 12.1 Å². The highest BCUT2D eigenvalue weighted by molar-refractivity contribution is 5.97. The first-order valence-corrected chi connectivity index (χ1v) is 9.57. The second-order valence-electron chi connectivity index (χ2n) is 6.82. The van der Waals surface area contributed by atoms with Gasteiger partial charge in [-0.05, 0) is 42.5 Å². The minimum atomic E-state index is -4.46.